The Morgan fingerprint density at radius 2 is 1.67 bits per heavy atom. The summed E-state index contributed by atoms with van der Waals surface area (Å²) >= 11 is 12.0. The number of carbonyl (C=O) groups is 1. The van der Waals surface area contributed by atoms with Crippen LogP contribution >= 0.6 is 23.2 Å². The fourth-order valence-corrected chi connectivity index (χ4v) is 4.21. The van der Waals surface area contributed by atoms with Crippen molar-refractivity contribution in [1.82, 2.24) is 9.80 Å². The Morgan fingerprint density at radius 1 is 1.03 bits per heavy atom. The van der Waals surface area contributed by atoms with Gasteiger partial charge in [0.15, 0.2) is 0 Å². The lowest BCUT2D eigenvalue weighted by Gasteiger charge is -2.44. The van der Waals surface area contributed by atoms with Crippen LogP contribution in [0.15, 0.2) is 42.5 Å². The number of rotatable bonds is 8. The second kappa shape index (κ2) is 10.5. The second-order valence-corrected chi connectivity index (χ2v) is 8.79. The van der Waals surface area contributed by atoms with E-state index in [1.54, 1.807) is 18.2 Å². The van der Waals surface area contributed by atoms with Crippen molar-refractivity contribution < 1.29 is 14.6 Å². The minimum absolute atomic E-state index is 0.104. The van der Waals surface area contributed by atoms with Gasteiger partial charge in [-0.1, -0.05) is 35.3 Å². The molecule has 2 atom stereocenters. The zero-order valence-electron chi connectivity index (χ0n) is 17.4. The van der Waals surface area contributed by atoms with Crippen molar-refractivity contribution in [2.75, 3.05) is 26.2 Å². The minimum atomic E-state index is -0.902. The van der Waals surface area contributed by atoms with E-state index in [1.807, 2.05) is 12.1 Å². The molecule has 1 aliphatic rings. The van der Waals surface area contributed by atoms with Crippen LogP contribution in [0.25, 0.3) is 0 Å². The summed E-state index contributed by atoms with van der Waals surface area (Å²) in [4.78, 5) is 16.0. The summed E-state index contributed by atoms with van der Waals surface area (Å²) in [5, 5.41) is 10.4. The summed E-state index contributed by atoms with van der Waals surface area (Å²) in [7, 11) is 0. The normalized spacial score (nSPS) is 20.3. The quantitative estimate of drug-likeness (QED) is 0.636. The van der Waals surface area contributed by atoms with E-state index >= 15 is 0 Å². The van der Waals surface area contributed by atoms with Crippen LogP contribution in [0.2, 0.25) is 10.0 Å². The fraction of sp³-hybridized carbons (Fsp3) is 0.435. The fourth-order valence-electron chi connectivity index (χ4n) is 3.89. The summed E-state index contributed by atoms with van der Waals surface area (Å²) in [6.07, 6.45) is -0.104. The third-order valence-electron chi connectivity index (χ3n) is 5.54. The van der Waals surface area contributed by atoms with Gasteiger partial charge in [0.25, 0.3) is 0 Å². The molecule has 1 aliphatic heterocycles. The standard InChI is InChI=1S/C23H28Cl2N2O3/c1-16-14-27(15-18-3-5-20(24)6-4-18)17(2)13-26(16)9-10-30-22-8-7-21(25)11-19(22)12-23(28)29/h3-8,11,16-17H,9-10,12-15H2,1-2H3,(H,28,29). The van der Waals surface area contributed by atoms with Gasteiger partial charge in [0, 0.05) is 53.9 Å². The third-order valence-corrected chi connectivity index (χ3v) is 6.03. The summed E-state index contributed by atoms with van der Waals surface area (Å²) in [6, 6.07) is 14.0. The average molecular weight is 451 g/mol. The molecule has 0 aliphatic carbocycles. The van der Waals surface area contributed by atoms with Gasteiger partial charge in [-0.2, -0.15) is 0 Å². The summed E-state index contributed by atoms with van der Waals surface area (Å²) in [5.74, 6) is -0.315. The molecule has 0 radical (unpaired) electrons. The molecule has 1 heterocycles. The van der Waals surface area contributed by atoms with Gasteiger partial charge in [0.2, 0.25) is 0 Å². The SMILES string of the molecule is CC1CN(Cc2ccc(Cl)cc2)C(C)CN1CCOc1ccc(Cl)cc1CC(=O)O. The maximum absolute atomic E-state index is 11.1. The number of benzene rings is 2. The largest absolute Gasteiger partial charge is 0.492 e. The molecule has 1 saturated heterocycles. The van der Waals surface area contributed by atoms with Gasteiger partial charge in [0.05, 0.1) is 6.42 Å². The second-order valence-electron chi connectivity index (χ2n) is 7.92. The maximum Gasteiger partial charge on any atom is 0.307 e. The molecular formula is C23H28Cl2N2O3. The number of nitrogens with zero attached hydrogens (tertiary/aromatic N) is 2. The van der Waals surface area contributed by atoms with Crippen molar-refractivity contribution in [1.29, 1.82) is 0 Å². The van der Waals surface area contributed by atoms with E-state index in [4.69, 9.17) is 33.0 Å². The summed E-state index contributed by atoms with van der Waals surface area (Å²) in [6.45, 7) is 8.63. The smallest absolute Gasteiger partial charge is 0.307 e. The van der Waals surface area contributed by atoms with Crippen LogP contribution in [-0.2, 0) is 17.8 Å². The van der Waals surface area contributed by atoms with Crippen molar-refractivity contribution in [3.63, 3.8) is 0 Å². The highest BCUT2D eigenvalue weighted by Gasteiger charge is 2.28. The number of halogens is 2. The molecule has 0 aromatic heterocycles. The van der Waals surface area contributed by atoms with Gasteiger partial charge < -0.3 is 9.84 Å². The number of carboxylic acid groups (broad SMARTS) is 1. The lowest BCUT2D eigenvalue weighted by atomic mass is 10.1. The van der Waals surface area contributed by atoms with Gasteiger partial charge in [-0.15, -0.1) is 0 Å². The third kappa shape index (κ3) is 6.35. The zero-order valence-corrected chi connectivity index (χ0v) is 18.9. The first-order chi connectivity index (χ1) is 14.3. The lowest BCUT2D eigenvalue weighted by Crippen LogP contribution is -2.56. The number of ether oxygens (including phenoxy) is 1. The van der Waals surface area contributed by atoms with E-state index in [0.29, 0.717) is 35.0 Å². The van der Waals surface area contributed by atoms with Gasteiger partial charge in [0.1, 0.15) is 12.4 Å². The Kier molecular flexibility index (Phi) is 8.00. The molecule has 0 bridgehead atoms. The molecule has 2 aromatic rings. The van der Waals surface area contributed by atoms with E-state index in [2.05, 4.69) is 35.8 Å². The van der Waals surface area contributed by atoms with Crippen LogP contribution in [0, 0.1) is 0 Å². The summed E-state index contributed by atoms with van der Waals surface area (Å²) in [5.41, 5.74) is 1.87. The van der Waals surface area contributed by atoms with Crippen LogP contribution < -0.4 is 4.74 Å². The molecule has 0 saturated carbocycles. The average Bonchev–Trinajstić information content (AvgIpc) is 2.68. The zero-order chi connectivity index (χ0) is 21.7. The first-order valence-corrected chi connectivity index (χ1v) is 10.9. The minimum Gasteiger partial charge on any atom is -0.492 e. The molecular weight excluding hydrogens is 423 g/mol. The van der Waals surface area contributed by atoms with Crippen molar-refractivity contribution in [2.24, 2.45) is 0 Å². The van der Waals surface area contributed by atoms with E-state index < -0.39 is 5.97 Å². The number of carboxylic acids is 1. The molecule has 0 amide bonds. The topological polar surface area (TPSA) is 53.0 Å². The number of hydrogen-bond donors (Lipinski definition) is 1. The predicted molar refractivity (Wildman–Crippen MR) is 121 cm³/mol. The molecule has 0 spiro atoms. The van der Waals surface area contributed by atoms with Crippen molar-refractivity contribution in [2.45, 2.75) is 38.9 Å². The molecule has 162 valence electrons. The molecule has 30 heavy (non-hydrogen) atoms. The first kappa shape index (κ1) is 22.9. The number of hydrogen-bond acceptors (Lipinski definition) is 4. The van der Waals surface area contributed by atoms with E-state index in [9.17, 15) is 4.79 Å². The van der Waals surface area contributed by atoms with Crippen LogP contribution in [0.5, 0.6) is 5.75 Å². The van der Waals surface area contributed by atoms with Gasteiger partial charge in [-0.3, -0.25) is 14.6 Å². The van der Waals surface area contributed by atoms with Gasteiger partial charge >= 0.3 is 5.97 Å². The van der Waals surface area contributed by atoms with Crippen molar-refractivity contribution in [3.8, 4) is 5.75 Å². The Labute approximate surface area is 188 Å². The highest BCUT2D eigenvalue weighted by molar-refractivity contribution is 6.30. The van der Waals surface area contributed by atoms with Crippen LogP contribution in [0.1, 0.15) is 25.0 Å². The summed E-state index contributed by atoms with van der Waals surface area (Å²) < 4.78 is 5.92. The van der Waals surface area contributed by atoms with Crippen LogP contribution in [0.3, 0.4) is 0 Å². The van der Waals surface area contributed by atoms with E-state index in [-0.39, 0.29) is 6.42 Å². The van der Waals surface area contributed by atoms with E-state index in [1.165, 1.54) is 5.56 Å². The van der Waals surface area contributed by atoms with Gasteiger partial charge in [-0.25, -0.2) is 0 Å². The molecule has 2 aromatic carbocycles. The Balaban J connectivity index is 1.52. The number of piperazine rings is 1. The van der Waals surface area contributed by atoms with Gasteiger partial charge in [-0.05, 0) is 49.7 Å². The first-order valence-electron chi connectivity index (χ1n) is 10.2. The van der Waals surface area contributed by atoms with Crippen LogP contribution in [-0.4, -0.2) is 59.2 Å². The molecule has 3 rings (SSSR count). The Morgan fingerprint density at radius 3 is 2.37 bits per heavy atom. The lowest BCUT2D eigenvalue weighted by molar-refractivity contribution is -0.136. The number of aliphatic carboxylic acids is 1. The van der Waals surface area contributed by atoms with Crippen molar-refractivity contribution >= 4 is 29.2 Å². The van der Waals surface area contributed by atoms with Crippen LogP contribution in [0.4, 0.5) is 0 Å². The molecule has 7 heteroatoms. The van der Waals surface area contributed by atoms with E-state index in [0.717, 1.165) is 31.2 Å². The predicted octanol–water partition coefficient (Wildman–Crippen LogP) is 4.59. The Hall–Kier alpha value is -1.79. The maximum atomic E-state index is 11.1. The molecule has 2 unspecified atom stereocenters. The monoisotopic (exact) mass is 450 g/mol. The molecule has 5 nitrogen and oxygen atoms in total. The highest BCUT2D eigenvalue weighted by Crippen LogP contribution is 2.24. The molecule has 1 fully saturated rings. The van der Waals surface area contributed by atoms with Crippen molar-refractivity contribution in [3.05, 3.63) is 63.6 Å². The highest BCUT2D eigenvalue weighted by atomic mass is 35.5. The Bertz CT molecular complexity index is 860. The molecule has 1 N–H and O–H groups in total.